The van der Waals surface area contributed by atoms with E-state index < -0.39 is 0 Å². The maximum absolute atomic E-state index is 11.6. The molecule has 1 fully saturated rings. The summed E-state index contributed by atoms with van der Waals surface area (Å²) in [6.07, 6.45) is 3.98. The van der Waals surface area contributed by atoms with Crippen molar-refractivity contribution < 1.29 is 9.53 Å². The number of H-pyrrole nitrogens is 1. The number of hydrogen-bond acceptors (Lipinski definition) is 3. The van der Waals surface area contributed by atoms with Gasteiger partial charge in [-0.25, -0.2) is 0 Å². The second-order valence-corrected chi connectivity index (χ2v) is 3.58. The number of hydrogen-bond donors (Lipinski definition) is 3. The number of aromatic nitrogens is 1. The molecule has 1 aromatic heterocycles. The summed E-state index contributed by atoms with van der Waals surface area (Å²) in [4.78, 5) is 14.4. The Kier molecular flexibility index (Phi) is 3.37. The maximum atomic E-state index is 11.6. The second kappa shape index (κ2) is 4.95. The summed E-state index contributed by atoms with van der Waals surface area (Å²) >= 11 is 0. The molecule has 3 N–H and O–H groups in total. The summed E-state index contributed by atoms with van der Waals surface area (Å²) in [6.45, 7) is 2.17. The number of anilines is 1. The van der Waals surface area contributed by atoms with E-state index in [4.69, 9.17) is 4.74 Å². The predicted molar refractivity (Wildman–Crippen MR) is 56.6 cm³/mol. The molecule has 0 aliphatic carbocycles. The van der Waals surface area contributed by atoms with Crippen LogP contribution in [0.1, 0.15) is 6.42 Å². The molecule has 1 saturated heterocycles. The molecule has 15 heavy (non-hydrogen) atoms. The largest absolute Gasteiger partial charge is 0.378 e. The molecule has 82 valence electrons. The van der Waals surface area contributed by atoms with Crippen LogP contribution in [0.15, 0.2) is 18.5 Å². The number of morpholine rings is 1. The number of carbonyl (C=O) groups excluding carboxylic acids is 1. The average molecular weight is 209 g/mol. The van der Waals surface area contributed by atoms with Crippen molar-refractivity contribution in [3.63, 3.8) is 0 Å². The molecule has 1 unspecified atom stereocenters. The molecule has 1 amide bonds. The molecule has 2 rings (SSSR count). The van der Waals surface area contributed by atoms with E-state index in [1.54, 1.807) is 12.4 Å². The molecule has 5 nitrogen and oxygen atoms in total. The van der Waals surface area contributed by atoms with Gasteiger partial charge in [0.15, 0.2) is 0 Å². The Morgan fingerprint density at radius 1 is 1.67 bits per heavy atom. The van der Waals surface area contributed by atoms with Crippen LogP contribution in [0.5, 0.6) is 0 Å². The fraction of sp³-hybridized carbons (Fsp3) is 0.500. The quantitative estimate of drug-likeness (QED) is 0.672. The molecule has 5 heteroatoms. The lowest BCUT2D eigenvalue weighted by Crippen LogP contribution is -2.43. The fourth-order valence-electron chi connectivity index (χ4n) is 1.59. The van der Waals surface area contributed by atoms with Crippen molar-refractivity contribution in [2.45, 2.75) is 12.5 Å². The van der Waals surface area contributed by atoms with Crippen molar-refractivity contribution in [1.82, 2.24) is 10.3 Å². The first-order chi connectivity index (χ1) is 7.34. The zero-order valence-electron chi connectivity index (χ0n) is 8.45. The Morgan fingerprint density at radius 3 is 3.27 bits per heavy atom. The number of carbonyl (C=O) groups is 1. The minimum Gasteiger partial charge on any atom is -0.378 e. The Labute approximate surface area is 88.2 Å². The van der Waals surface area contributed by atoms with Crippen LogP contribution in [0, 0.1) is 0 Å². The Morgan fingerprint density at radius 2 is 2.60 bits per heavy atom. The standard InChI is InChI=1S/C10H15N3O2/c14-10(13-8-1-2-11-6-8)5-9-7-15-4-3-12-9/h1-2,6,9,11-12H,3-5,7H2,(H,13,14). The number of ether oxygens (including phenoxy) is 1. The van der Waals surface area contributed by atoms with Gasteiger partial charge in [0, 0.05) is 31.4 Å². The zero-order chi connectivity index (χ0) is 10.5. The number of rotatable bonds is 3. The first-order valence-electron chi connectivity index (χ1n) is 5.08. The highest BCUT2D eigenvalue weighted by Gasteiger charge is 2.16. The summed E-state index contributed by atoms with van der Waals surface area (Å²) < 4.78 is 5.27. The van der Waals surface area contributed by atoms with Gasteiger partial charge in [-0.05, 0) is 6.07 Å². The molecule has 0 spiro atoms. The molecule has 0 aromatic carbocycles. The van der Waals surface area contributed by atoms with Crippen molar-refractivity contribution in [1.29, 1.82) is 0 Å². The van der Waals surface area contributed by atoms with Crippen LogP contribution in [0.25, 0.3) is 0 Å². The lowest BCUT2D eigenvalue weighted by Gasteiger charge is -2.23. The van der Waals surface area contributed by atoms with E-state index in [-0.39, 0.29) is 11.9 Å². The van der Waals surface area contributed by atoms with Crippen molar-refractivity contribution >= 4 is 11.6 Å². The number of nitrogens with one attached hydrogen (secondary N) is 3. The lowest BCUT2D eigenvalue weighted by molar-refractivity contribution is -0.117. The lowest BCUT2D eigenvalue weighted by atomic mass is 10.2. The van der Waals surface area contributed by atoms with Crippen LogP contribution in [-0.2, 0) is 9.53 Å². The average Bonchev–Trinajstić information content (AvgIpc) is 2.71. The third-order valence-corrected chi connectivity index (χ3v) is 2.31. The molecule has 0 saturated carbocycles. The van der Waals surface area contributed by atoms with Crippen molar-refractivity contribution in [2.24, 2.45) is 0 Å². The maximum Gasteiger partial charge on any atom is 0.226 e. The van der Waals surface area contributed by atoms with Gasteiger partial charge in [0.1, 0.15) is 0 Å². The number of aromatic amines is 1. The Bertz CT molecular complexity index is 304. The fourth-order valence-corrected chi connectivity index (χ4v) is 1.59. The van der Waals surface area contributed by atoms with Gasteiger partial charge in [-0.3, -0.25) is 4.79 Å². The van der Waals surface area contributed by atoms with E-state index >= 15 is 0 Å². The van der Waals surface area contributed by atoms with Crippen LogP contribution in [0.2, 0.25) is 0 Å². The highest BCUT2D eigenvalue weighted by Crippen LogP contribution is 2.06. The second-order valence-electron chi connectivity index (χ2n) is 3.58. The van der Waals surface area contributed by atoms with Gasteiger partial charge < -0.3 is 20.4 Å². The monoisotopic (exact) mass is 209 g/mol. The summed E-state index contributed by atoms with van der Waals surface area (Å²) in [5, 5.41) is 6.04. The van der Waals surface area contributed by atoms with E-state index in [1.165, 1.54) is 0 Å². The number of amides is 1. The van der Waals surface area contributed by atoms with Crippen molar-refractivity contribution in [2.75, 3.05) is 25.1 Å². The topological polar surface area (TPSA) is 66.2 Å². The Hall–Kier alpha value is -1.33. The molecule has 0 radical (unpaired) electrons. The van der Waals surface area contributed by atoms with Gasteiger partial charge in [0.05, 0.1) is 18.9 Å². The SMILES string of the molecule is O=C(CC1COCCN1)Nc1cc[nH]c1. The Balaban J connectivity index is 1.76. The van der Waals surface area contributed by atoms with Crippen molar-refractivity contribution in [3.8, 4) is 0 Å². The molecular formula is C10H15N3O2. The van der Waals surface area contributed by atoms with E-state index in [2.05, 4.69) is 15.6 Å². The van der Waals surface area contributed by atoms with E-state index in [9.17, 15) is 4.79 Å². The first-order valence-corrected chi connectivity index (χ1v) is 5.08. The minimum absolute atomic E-state index is 0.0117. The highest BCUT2D eigenvalue weighted by atomic mass is 16.5. The van der Waals surface area contributed by atoms with Gasteiger partial charge >= 0.3 is 0 Å². The van der Waals surface area contributed by atoms with Crippen molar-refractivity contribution in [3.05, 3.63) is 18.5 Å². The highest BCUT2D eigenvalue weighted by molar-refractivity contribution is 5.90. The van der Waals surface area contributed by atoms with Gasteiger partial charge in [-0.1, -0.05) is 0 Å². The molecule has 0 bridgehead atoms. The van der Waals surface area contributed by atoms with Gasteiger partial charge in [-0.2, -0.15) is 0 Å². The van der Waals surface area contributed by atoms with E-state index in [0.29, 0.717) is 13.0 Å². The van der Waals surface area contributed by atoms with Crippen LogP contribution in [-0.4, -0.2) is 36.7 Å². The minimum atomic E-state index is 0.0117. The summed E-state index contributed by atoms with van der Waals surface area (Å²) in [6, 6.07) is 1.96. The molecule has 1 aliphatic rings. The summed E-state index contributed by atoms with van der Waals surface area (Å²) in [7, 11) is 0. The zero-order valence-corrected chi connectivity index (χ0v) is 8.45. The molecule has 1 atom stereocenters. The third-order valence-electron chi connectivity index (χ3n) is 2.31. The van der Waals surface area contributed by atoms with Gasteiger partial charge in [0.2, 0.25) is 5.91 Å². The summed E-state index contributed by atoms with van der Waals surface area (Å²) in [5.41, 5.74) is 0.803. The molecular weight excluding hydrogens is 194 g/mol. The molecule has 2 heterocycles. The van der Waals surface area contributed by atoms with Gasteiger partial charge in [0.25, 0.3) is 0 Å². The third kappa shape index (κ3) is 3.07. The first kappa shape index (κ1) is 10.2. The van der Waals surface area contributed by atoms with Crippen LogP contribution >= 0.6 is 0 Å². The molecule has 1 aliphatic heterocycles. The van der Waals surface area contributed by atoms with E-state index in [0.717, 1.165) is 18.8 Å². The van der Waals surface area contributed by atoms with E-state index in [1.807, 2.05) is 6.07 Å². The van der Waals surface area contributed by atoms with Crippen LogP contribution in [0.4, 0.5) is 5.69 Å². The normalized spacial score (nSPS) is 21.2. The smallest absolute Gasteiger partial charge is 0.226 e. The predicted octanol–water partition coefficient (Wildman–Crippen LogP) is 0.332. The van der Waals surface area contributed by atoms with Crippen LogP contribution < -0.4 is 10.6 Å². The van der Waals surface area contributed by atoms with Gasteiger partial charge in [-0.15, -0.1) is 0 Å². The van der Waals surface area contributed by atoms with Crippen LogP contribution in [0.3, 0.4) is 0 Å². The summed E-state index contributed by atoms with van der Waals surface area (Å²) in [5.74, 6) is 0.0117. The molecule has 1 aromatic rings.